The lowest BCUT2D eigenvalue weighted by Crippen LogP contribution is -2.45. The molecule has 30 heavy (non-hydrogen) atoms. The molecule has 0 saturated heterocycles. The van der Waals surface area contributed by atoms with E-state index in [1.807, 2.05) is 6.07 Å². The maximum Gasteiger partial charge on any atom is 0.380 e. The Bertz CT molecular complexity index is 1050. The Labute approximate surface area is 178 Å². The minimum absolute atomic E-state index is 0.111. The van der Waals surface area contributed by atoms with Gasteiger partial charge in [0.25, 0.3) is 10.1 Å². The molecule has 3 aliphatic carbocycles. The fraction of sp³-hybridized carbons (Fsp3) is 0.700. The molecule has 8 nitrogen and oxygen atoms in total. The van der Waals surface area contributed by atoms with Crippen LogP contribution in [0, 0.1) is 17.3 Å². The van der Waals surface area contributed by atoms with Crippen molar-refractivity contribution in [2.45, 2.75) is 57.5 Å². The van der Waals surface area contributed by atoms with E-state index in [4.69, 9.17) is 18.2 Å². The van der Waals surface area contributed by atoms with Crippen molar-refractivity contribution in [1.29, 1.82) is 0 Å². The summed E-state index contributed by atoms with van der Waals surface area (Å²) in [6.45, 7) is 2.18. The van der Waals surface area contributed by atoms with E-state index in [1.165, 1.54) is 12.7 Å². The summed E-state index contributed by atoms with van der Waals surface area (Å²) in [6, 6.07) is 3.61. The van der Waals surface area contributed by atoms with Crippen LogP contribution < -0.4 is 14.1 Å². The van der Waals surface area contributed by atoms with E-state index in [-0.39, 0.29) is 17.3 Å². The topological polar surface area (TPSA) is 122 Å². The highest BCUT2D eigenvalue weighted by molar-refractivity contribution is 7.86. The summed E-state index contributed by atoms with van der Waals surface area (Å²) in [5.74, 6) is 1.60. The van der Waals surface area contributed by atoms with E-state index < -0.39 is 20.4 Å². The summed E-state index contributed by atoms with van der Waals surface area (Å²) < 4.78 is 62.1. The molecule has 1 aromatic carbocycles. The van der Waals surface area contributed by atoms with Gasteiger partial charge < -0.3 is 8.92 Å². The van der Waals surface area contributed by atoms with Crippen LogP contribution in [0.4, 0.5) is 0 Å². The zero-order valence-electron chi connectivity index (χ0n) is 17.5. The predicted molar refractivity (Wildman–Crippen MR) is 111 cm³/mol. The summed E-state index contributed by atoms with van der Waals surface area (Å²) >= 11 is 0. The Hall–Kier alpha value is -1.36. The molecule has 168 valence electrons. The summed E-state index contributed by atoms with van der Waals surface area (Å²) in [4.78, 5) is 0. The Morgan fingerprint density at radius 1 is 1.07 bits per heavy atom. The van der Waals surface area contributed by atoms with Gasteiger partial charge in [-0.1, -0.05) is 6.92 Å². The molecule has 2 fully saturated rings. The standard InChI is InChI=1S/C20H29NO7S2/c1-20-9-8-13-14(16(20)6-7-19(20)28-29(3,22)23)5-4-12-10-18(27-30(21,24)25)17(26-2)11-15(12)13/h10-11,13-14,16,19H,4-9H2,1-3H3,(H2,21,24,25)/t13?,14?,16?,19?,20-/m0/s1. The Morgan fingerprint density at radius 2 is 1.80 bits per heavy atom. The molecular weight excluding hydrogens is 430 g/mol. The van der Waals surface area contributed by atoms with Crippen molar-refractivity contribution < 1.29 is 29.9 Å². The number of hydrogen-bond donors (Lipinski definition) is 1. The molecule has 10 heteroatoms. The second-order valence-electron chi connectivity index (χ2n) is 9.10. The molecule has 2 saturated carbocycles. The van der Waals surface area contributed by atoms with E-state index >= 15 is 0 Å². The van der Waals surface area contributed by atoms with E-state index in [1.54, 1.807) is 6.07 Å². The Kier molecular flexibility index (Phi) is 5.36. The number of hydrogen-bond acceptors (Lipinski definition) is 7. The fourth-order valence-electron chi connectivity index (χ4n) is 6.25. The molecule has 0 aromatic heterocycles. The van der Waals surface area contributed by atoms with Gasteiger partial charge in [-0.2, -0.15) is 22.0 Å². The number of methoxy groups -OCH3 is 1. The van der Waals surface area contributed by atoms with Crippen molar-refractivity contribution in [3.05, 3.63) is 23.3 Å². The van der Waals surface area contributed by atoms with E-state index in [0.29, 0.717) is 23.5 Å². The quantitative estimate of drug-likeness (QED) is 0.671. The molecule has 2 N–H and O–H groups in total. The summed E-state index contributed by atoms with van der Waals surface area (Å²) in [5, 5.41) is 5.04. The largest absolute Gasteiger partial charge is 0.493 e. The maximum atomic E-state index is 11.8. The molecule has 0 bridgehead atoms. The third-order valence-corrected chi connectivity index (χ3v) is 8.41. The van der Waals surface area contributed by atoms with Crippen molar-refractivity contribution in [3.8, 4) is 11.5 Å². The summed E-state index contributed by atoms with van der Waals surface area (Å²) in [6.07, 6.45) is 6.14. The van der Waals surface area contributed by atoms with Crippen molar-refractivity contribution in [2.24, 2.45) is 22.4 Å². The van der Waals surface area contributed by atoms with Crippen LogP contribution in [0.25, 0.3) is 0 Å². The summed E-state index contributed by atoms with van der Waals surface area (Å²) in [7, 11) is -6.16. The lowest BCUT2D eigenvalue weighted by atomic mass is 9.55. The zero-order valence-corrected chi connectivity index (χ0v) is 19.1. The van der Waals surface area contributed by atoms with Gasteiger partial charge in [0.1, 0.15) is 0 Å². The molecule has 0 aliphatic heterocycles. The molecule has 5 atom stereocenters. The highest BCUT2D eigenvalue weighted by Gasteiger charge is 2.56. The number of benzene rings is 1. The van der Waals surface area contributed by atoms with Crippen LogP contribution in [-0.4, -0.2) is 36.3 Å². The van der Waals surface area contributed by atoms with Crippen LogP contribution in [-0.2, 0) is 31.0 Å². The van der Waals surface area contributed by atoms with Gasteiger partial charge in [-0.15, -0.1) is 0 Å². The second-order valence-corrected chi connectivity index (χ2v) is 11.9. The highest BCUT2D eigenvalue weighted by atomic mass is 32.2. The van der Waals surface area contributed by atoms with E-state index in [2.05, 4.69) is 6.92 Å². The van der Waals surface area contributed by atoms with Crippen molar-refractivity contribution in [2.75, 3.05) is 13.4 Å². The third kappa shape index (κ3) is 3.94. The van der Waals surface area contributed by atoms with Gasteiger partial charge in [-0.25, -0.2) is 0 Å². The maximum absolute atomic E-state index is 11.8. The first-order valence-corrected chi connectivity index (χ1v) is 13.5. The minimum atomic E-state index is -4.14. The second kappa shape index (κ2) is 7.36. The van der Waals surface area contributed by atoms with E-state index in [9.17, 15) is 16.8 Å². The predicted octanol–water partition coefficient (Wildman–Crippen LogP) is 2.48. The third-order valence-electron chi connectivity index (χ3n) is 7.42. The lowest BCUT2D eigenvalue weighted by molar-refractivity contribution is -0.00770. The zero-order chi connectivity index (χ0) is 21.9. The van der Waals surface area contributed by atoms with Gasteiger partial charge in [0, 0.05) is 0 Å². The van der Waals surface area contributed by atoms with Gasteiger partial charge >= 0.3 is 10.3 Å². The number of aryl methyl sites for hydroxylation is 1. The summed E-state index contributed by atoms with van der Waals surface area (Å²) in [5.41, 5.74) is 2.07. The smallest absolute Gasteiger partial charge is 0.380 e. The Morgan fingerprint density at radius 3 is 2.43 bits per heavy atom. The van der Waals surface area contributed by atoms with Crippen LogP contribution in [0.5, 0.6) is 11.5 Å². The monoisotopic (exact) mass is 459 g/mol. The first-order valence-electron chi connectivity index (χ1n) is 10.2. The molecule has 1 aromatic rings. The SMILES string of the molecule is COc1cc2c(cc1OS(N)(=O)=O)CCC1C2CC[C@]2(C)C(OS(C)(=O)=O)CCC12. The molecule has 0 spiro atoms. The first kappa shape index (κ1) is 21.9. The van der Waals surface area contributed by atoms with Gasteiger partial charge in [-0.3, -0.25) is 4.18 Å². The van der Waals surface area contributed by atoms with Crippen LogP contribution >= 0.6 is 0 Å². The van der Waals surface area contributed by atoms with Crippen molar-refractivity contribution in [3.63, 3.8) is 0 Å². The van der Waals surface area contributed by atoms with E-state index in [0.717, 1.165) is 50.3 Å². The Balaban J connectivity index is 1.65. The van der Waals surface area contributed by atoms with Crippen LogP contribution in [0.15, 0.2) is 12.1 Å². The normalized spacial score (nSPS) is 33.3. The van der Waals surface area contributed by atoms with Gasteiger partial charge in [-0.05, 0) is 85.0 Å². The molecule has 0 heterocycles. The van der Waals surface area contributed by atoms with Gasteiger partial charge in [0.05, 0.1) is 19.5 Å². The van der Waals surface area contributed by atoms with Crippen molar-refractivity contribution in [1.82, 2.24) is 0 Å². The highest BCUT2D eigenvalue weighted by Crippen LogP contribution is 2.62. The van der Waals surface area contributed by atoms with Crippen molar-refractivity contribution >= 4 is 20.4 Å². The molecule has 0 radical (unpaired) electrons. The molecule has 3 aliphatic rings. The fourth-order valence-corrected chi connectivity index (χ4v) is 7.37. The average molecular weight is 460 g/mol. The van der Waals surface area contributed by atoms with Gasteiger partial charge in [0.2, 0.25) is 0 Å². The molecule has 0 amide bonds. The van der Waals surface area contributed by atoms with Gasteiger partial charge in [0.15, 0.2) is 11.5 Å². The molecule has 4 rings (SSSR count). The first-order chi connectivity index (χ1) is 13.9. The average Bonchev–Trinajstić information content (AvgIpc) is 2.94. The molecular formula is C20H29NO7S2. The lowest BCUT2D eigenvalue weighted by Gasteiger charge is -2.50. The number of fused-ring (bicyclic) bond motifs is 5. The minimum Gasteiger partial charge on any atom is -0.493 e. The number of ether oxygens (including phenoxy) is 1. The molecule has 4 unspecified atom stereocenters. The van der Waals surface area contributed by atoms with Crippen LogP contribution in [0.2, 0.25) is 0 Å². The number of rotatable bonds is 5. The number of nitrogens with two attached hydrogens (primary N) is 1. The van der Waals surface area contributed by atoms with Crippen LogP contribution in [0.3, 0.4) is 0 Å². The van der Waals surface area contributed by atoms with Crippen LogP contribution in [0.1, 0.15) is 56.1 Å².